The summed E-state index contributed by atoms with van der Waals surface area (Å²) >= 11 is 0. The second-order valence-electron chi connectivity index (χ2n) is 6.38. The second kappa shape index (κ2) is 6.89. The summed E-state index contributed by atoms with van der Waals surface area (Å²) in [5, 5.41) is 1.11. The van der Waals surface area contributed by atoms with Crippen molar-refractivity contribution in [1.82, 2.24) is 4.98 Å². The normalized spacial score (nSPS) is 14.4. The third-order valence-electron chi connectivity index (χ3n) is 4.62. The van der Waals surface area contributed by atoms with E-state index < -0.39 is 0 Å². The summed E-state index contributed by atoms with van der Waals surface area (Å²) in [6, 6.07) is 20.6. The Morgan fingerprint density at radius 2 is 1.76 bits per heavy atom. The minimum absolute atomic E-state index is 0.215. The maximum absolute atomic E-state index is 12.0. The summed E-state index contributed by atoms with van der Waals surface area (Å²) in [4.78, 5) is 18.9. The number of rotatable bonds is 4. The van der Waals surface area contributed by atoms with Crippen LogP contribution >= 0.6 is 0 Å². The first-order valence-corrected chi connectivity index (χ1v) is 8.70. The molecule has 0 unspecified atom stereocenters. The highest BCUT2D eigenvalue weighted by Gasteiger charge is 2.20. The Kier molecular flexibility index (Phi) is 4.30. The van der Waals surface area contributed by atoms with E-state index in [9.17, 15) is 4.79 Å². The second-order valence-corrected chi connectivity index (χ2v) is 6.38. The van der Waals surface area contributed by atoms with Crippen LogP contribution in [-0.2, 0) is 11.3 Å². The molecule has 0 atom stereocenters. The molecular weight excluding hydrogens is 308 g/mol. The largest absolute Gasteiger partial charge is 0.339 e. The monoisotopic (exact) mass is 328 g/mol. The van der Waals surface area contributed by atoms with Gasteiger partial charge in [-0.3, -0.25) is 9.78 Å². The minimum atomic E-state index is 0.215. The van der Waals surface area contributed by atoms with E-state index in [4.69, 9.17) is 0 Å². The van der Waals surface area contributed by atoms with Gasteiger partial charge < -0.3 is 4.90 Å². The first-order valence-electron chi connectivity index (χ1n) is 8.70. The number of pyridine rings is 1. The first kappa shape index (κ1) is 15.6. The molecule has 1 heterocycles. The molecule has 25 heavy (non-hydrogen) atoms. The highest BCUT2D eigenvalue weighted by molar-refractivity contribution is 5.94. The number of aromatic nitrogens is 1. The van der Waals surface area contributed by atoms with Gasteiger partial charge in [-0.2, -0.15) is 0 Å². The highest BCUT2D eigenvalue weighted by Crippen LogP contribution is 2.32. The molecule has 4 rings (SSSR count). The number of fused-ring (bicyclic) bond motifs is 1. The molecule has 0 radical (unpaired) electrons. The number of benzene rings is 2. The number of allylic oxidation sites excluding steroid dienone is 2. The van der Waals surface area contributed by atoms with Gasteiger partial charge in [-0.05, 0) is 30.5 Å². The third-order valence-corrected chi connectivity index (χ3v) is 4.62. The molecule has 124 valence electrons. The van der Waals surface area contributed by atoms with Crippen LogP contribution < -0.4 is 4.90 Å². The van der Waals surface area contributed by atoms with Crippen molar-refractivity contribution >= 4 is 22.4 Å². The molecule has 0 saturated heterocycles. The Balaban J connectivity index is 1.83. The van der Waals surface area contributed by atoms with Crippen molar-refractivity contribution in [3.05, 3.63) is 84.2 Å². The Labute approximate surface area is 147 Å². The molecule has 3 aromatic rings. The van der Waals surface area contributed by atoms with E-state index in [-0.39, 0.29) is 5.78 Å². The van der Waals surface area contributed by atoms with Crippen molar-refractivity contribution in [2.75, 3.05) is 4.90 Å². The lowest BCUT2D eigenvalue weighted by molar-refractivity contribution is -0.115. The van der Waals surface area contributed by atoms with E-state index in [1.165, 1.54) is 5.56 Å². The Morgan fingerprint density at radius 3 is 2.60 bits per heavy atom. The molecule has 2 aromatic carbocycles. The smallest absolute Gasteiger partial charge is 0.157 e. The van der Waals surface area contributed by atoms with Gasteiger partial charge in [-0.25, -0.2) is 0 Å². The van der Waals surface area contributed by atoms with Crippen LogP contribution in [0.25, 0.3) is 10.9 Å². The molecule has 3 heteroatoms. The predicted octanol–water partition coefficient (Wildman–Crippen LogP) is 4.88. The van der Waals surface area contributed by atoms with Crippen LogP contribution in [0.15, 0.2) is 78.6 Å². The topological polar surface area (TPSA) is 33.2 Å². The number of carbonyl (C=O) groups excluding carboxylic acids is 1. The maximum atomic E-state index is 12.0. The van der Waals surface area contributed by atoms with E-state index in [1.54, 1.807) is 0 Å². The van der Waals surface area contributed by atoms with Crippen molar-refractivity contribution in [2.45, 2.75) is 25.8 Å². The SMILES string of the molecule is O=C1C=C(N(Cc2ccccc2)c2cccc3cccnc23)CCC1. The average Bonchev–Trinajstić information content (AvgIpc) is 2.67. The van der Waals surface area contributed by atoms with Crippen molar-refractivity contribution < 1.29 is 4.79 Å². The maximum Gasteiger partial charge on any atom is 0.157 e. The third kappa shape index (κ3) is 3.31. The molecule has 0 bridgehead atoms. The van der Waals surface area contributed by atoms with Crippen LogP contribution in [0, 0.1) is 0 Å². The molecule has 1 aliphatic carbocycles. The fourth-order valence-electron chi connectivity index (χ4n) is 3.40. The number of carbonyl (C=O) groups is 1. The van der Waals surface area contributed by atoms with E-state index in [0.717, 1.165) is 41.7 Å². The molecule has 0 spiro atoms. The zero-order chi connectivity index (χ0) is 17.1. The van der Waals surface area contributed by atoms with E-state index >= 15 is 0 Å². The molecule has 0 saturated carbocycles. The molecule has 1 aliphatic rings. The molecule has 0 amide bonds. The van der Waals surface area contributed by atoms with E-state index in [2.05, 4.69) is 58.4 Å². The van der Waals surface area contributed by atoms with Crippen molar-refractivity contribution in [3.63, 3.8) is 0 Å². The number of nitrogens with zero attached hydrogens (tertiary/aromatic N) is 2. The Bertz CT molecular complexity index is 926. The van der Waals surface area contributed by atoms with Crippen LogP contribution in [0.3, 0.4) is 0 Å². The summed E-state index contributed by atoms with van der Waals surface area (Å²) < 4.78 is 0. The first-order chi connectivity index (χ1) is 12.3. The molecule has 3 nitrogen and oxygen atoms in total. The lowest BCUT2D eigenvalue weighted by atomic mass is 10.0. The fourth-order valence-corrected chi connectivity index (χ4v) is 3.40. The van der Waals surface area contributed by atoms with E-state index in [1.807, 2.05) is 24.4 Å². The number of hydrogen-bond donors (Lipinski definition) is 0. The molecule has 0 aliphatic heterocycles. The molecule has 0 N–H and O–H groups in total. The molecule has 0 fully saturated rings. The zero-order valence-corrected chi connectivity index (χ0v) is 14.1. The average molecular weight is 328 g/mol. The quantitative estimate of drug-likeness (QED) is 0.684. The summed E-state index contributed by atoms with van der Waals surface area (Å²) in [7, 11) is 0. The number of anilines is 1. The van der Waals surface area contributed by atoms with Crippen molar-refractivity contribution in [1.29, 1.82) is 0 Å². The summed E-state index contributed by atoms with van der Waals surface area (Å²) in [5.74, 6) is 0.215. The van der Waals surface area contributed by atoms with Gasteiger partial charge in [0.2, 0.25) is 0 Å². The minimum Gasteiger partial charge on any atom is -0.339 e. The standard InChI is InChI=1S/C22H20N2O/c25-20-12-5-11-19(15-20)24(16-17-7-2-1-3-8-17)21-13-4-9-18-10-6-14-23-22(18)21/h1-4,6-10,13-15H,5,11-12,16H2. The summed E-state index contributed by atoms with van der Waals surface area (Å²) in [6.45, 7) is 0.732. The lowest BCUT2D eigenvalue weighted by Crippen LogP contribution is -2.25. The van der Waals surface area contributed by atoms with Gasteiger partial charge in [-0.1, -0.05) is 48.5 Å². The summed E-state index contributed by atoms with van der Waals surface area (Å²) in [6.07, 6.45) is 6.12. The summed E-state index contributed by atoms with van der Waals surface area (Å²) in [5.41, 5.74) is 4.33. The zero-order valence-electron chi connectivity index (χ0n) is 14.1. The fraction of sp³-hybridized carbons (Fsp3) is 0.182. The van der Waals surface area contributed by atoms with Gasteiger partial charge in [0, 0.05) is 36.3 Å². The number of ketones is 1. The van der Waals surface area contributed by atoms with Gasteiger partial charge in [0.1, 0.15) is 0 Å². The van der Waals surface area contributed by atoms with Gasteiger partial charge in [-0.15, -0.1) is 0 Å². The van der Waals surface area contributed by atoms with Crippen LogP contribution in [0.2, 0.25) is 0 Å². The van der Waals surface area contributed by atoms with Crippen LogP contribution in [0.4, 0.5) is 5.69 Å². The van der Waals surface area contributed by atoms with Crippen LogP contribution in [-0.4, -0.2) is 10.8 Å². The molecular formula is C22H20N2O. The van der Waals surface area contributed by atoms with Gasteiger partial charge in [0.15, 0.2) is 5.78 Å². The van der Waals surface area contributed by atoms with Gasteiger partial charge in [0.25, 0.3) is 0 Å². The van der Waals surface area contributed by atoms with Gasteiger partial charge >= 0.3 is 0 Å². The van der Waals surface area contributed by atoms with Crippen molar-refractivity contribution in [3.8, 4) is 0 Å². The van der Waals surface area contributed by atoms with Crippen molar-refractivity contribution in [2.24, 2.45) is 0 Å². The van der Waals surface area contributed by atoms with E-state index in [0.29, 0.717) is 6.42 Å². The Morgan fingerprint density at radius 1 is 0.920 bits per heavy atom. The highest BCUT2D eigenvalue weighted by atomic mass is 16.1. The van der Waals surface area contributed by atoms with Crippen LogP contribution in [0.1, 0.15) is 24.8 Å². The lowest BCUT2D eigenvalue weighted by Gasteiger charge is -2.30. The Hall–Kier alpha value is -2.94. The van der Waals surface area contributed by atoms with Gasteiger partial charge in [0.05, 0.1) is 11.2 Å². The molecule has 1 aromatic heterocycles. The number of hydrogen-bond acceptors (Lipinski definition) is 3. The number of para-hydroxylation sites is 1. The predicted molar refractivity (Wildman–Crippen MR) is 101 cm³/mol. The van der Waals surface area contributed by atoms with Crippen LogP contribution in [0.5, 0.6) is 0 Å².